The Balaban J connectivity index is 2.06. The molecule has 0 radical (unpaired) electrons. The smallest absolute Gasteiger partial charge is 0.318 e. The molecule has 1 aromatic rings. The van der Waals surface area contributed by atoms with Crippen molar-refractivity contribution in [1.82, 2.24) is 15.2 Å². The maximum atomic E-state index is 12.6. The summed E-state index contributed by atoms with van der Waals surface area (Å²) in [4.78, 5) is 30.9. The van der Waals surface area contributed by atoms with E-state index in [1.807, 2.05) is 5.38 Å². The predicted octanol–water partition coefficient (Wildman–Crippen LogP) is 2.67. The van der Waals surface area contributed by atoms with Crippen molar-refractivity contribution in [3.05, 3.63) is 16.1 Å². The van der Waals surface area contributed by atoms with Gasteiger partial charge in [0.25, 0.3) is 0 Å². The number of rotatable bonds is 8. The van der Waals surface area contributed by atoms with Crippen molar-refractivity contribution in [2.75, 3.05) is 0 Å². The van der Waals surface area contributed by atoms with Gasteiger partial charge in [0, 0.05) is 23.8 Å². The maximum Gasteiger partial charge on any atom is 0.318 e. The second-order valence-electron chi connectivity index (χ2n) is 6.68. The lowest BCUT2D eigenvalue weighted by atomic mass is 10.1. The van der Waals surface area contributed by atoms with Crippen LogP contribution in [-0.2, 0) is 11.3 Å². The molecule has 2 N–H and O–H groups in total. The molecular weight excluding hydrogens is 326 g/mol. The summed E-state index contributed by atoms with van der Waals surface area (Å²) in [6.45, 7) is 7.88. The van der Waals surface area contributed by atoms with Crippen LogP contribution in [0.2, 0.25) is 0 Å². The van der Waals surface area contributed by atoms with Crippen LogP contribution >= 0.6 is 11.3 Å². The van der Waals surface area contributed by atoms with Crippen molar-refractivity contribution in [3.63, 3.8) is 0 Å². The molecule has 1 aliphatic carbocycles. The highest BCUT2D eigenvalue weighted by atomic mass is 32.1. The lowest BCUT2D eigenvalue weighted by Gasteiger charge is -2.26. The quantitative estimate of drug-likeness (QED) is 0.753. The van der Waals surface area contributed by atoms with Crippen LogP contribution in [0, 0.1) is 0 Å². The highest BCUT2D eigenvalue weighted by molar-refractivity contribution is 7.09. The van der Waals surface area contributed by atoms with Gasteiger partial charge in [0.05, 0.1) is 23.4 Å². The van der Waals surface area contributed by atoms with Gasteiger partial charge in [-0.05, 0) is 19.8 Å². The topological polar surface area (TPSA) is 82.5 Å². The molecule has 24 heavy (non-hydrogen) atoms. The van der Waals surface area contributed by atoms with E-state index in [9.17, 15) is 14.7 Å². The Bertz CT molecular complexity index is 581. The Morgan fingerprint density at radius 1 is 1.42 bits per heavy atom. The highest BCUT2D eigenvalue weighted by Gasteiger charge is 2.35. The van der Waals surface area contributed by atoms with Gasteiger partial charge in [-0.2, -0.15) is 0 Å². The molecule has 0 saturated heterocycles. The molecule has 2 unspecified atom stereocenters. The molecule has 2 rings (SSSR count). The number of aliphatic hydroxyl groups excluding tert-OH is 1. The van der Waals surface area contributed by atoms with Crippen LogP contribution in [0.5, 0.6) is 0 Å². The number of carbonyl (C=O) groups is 2. The molecule has 134 valence electrons. The van der Waals surface area contributed by atoms with Gasteiger partial charge in [0.15, 0.2) is 5.78 Å². The Hall–Kier alpha value is -1.47. The summed E-state index contributed by atoms with van der Waals surface area (Å²) in [5.74, 6) is 0.207. The van der Waals surface area contributed by atoms with Gasteiger partial charge in [0.2, 0.25) is 0 Å². The van der Waals surface area contributed by atoms with Gasteiger partial charge in [-0.15, -0.1) is 11.3 Å². The van der Waals surface area contributed by atoms with Crippen molar-refractivity contribution < 1.29 is 14.7 Å². The third-order valence-electron chi connectivity index (χ3n) is 4.10. The summed E-state index contributed by atoms with van der Waals surface area (Å²) in [6, 6.07) is -0.963. The van der Waals surface area contributed by atoms with Gasteiger partial charge in [0.1, 0.15) is 6.04 Å². The number of nitrogens with zero attached hydrogens (tertiary/aromatic N) is 2. The third kappa shape index (κ3) is 4.77. The molecule has 2 amide bonds. The van der Waals surface area contributed by atoms with Gasteiger partial charge in [-0.1, -0.05) is 20.8 Å². The van der Waals surface area contributed by atoms with Crippen LogP contribution in [-0.4, -0.2) is 45.0 Å². The van der Waals surface area contributed by atoms with Crippen LogP contribution in [0.3, 0.4) is 0 Å². The fourth-order valence-corrected chi connectivity index (χ4v) is 3.32. The predicted molar refractivity (Wildman–Crippen MR) is 94.1 cm³/mol. The van der Waals surface area contributed by atoms with Crippen molar-refractivity contribution in [2.45, 2.75) is 77.6 Å². The zero-order valence-corrected chi connectivity index (χ0v) is 15.6. The molecule has 1 saturated carbocycles. The third-order valence-corrected chi connectivity index (χ3v) is 5.30. The molecule has 0 bridgehead atoms. The molecule has 2 atom stereocenters. The van der Waals surface area contributed by atoms with Gasteiger partial charge < -0.3 is 15.3 Å². The number of Topliss-reactive ketones (excluding diaryl/α,β-unsaturated/α-hetero) is 1. The summed E-state index contributed by atoms with van der Waals surface area (Å²) in [7, 11) is 0. The SMILES string of the molecule is CCC(=O)C(NC(=O)N(Cc1csc(C(C)C)n1)C1CC1)C(C)O. The lowest BCUT2D eigenvalue weighted by Crippen LogP contribution is -2.52. The van der Waals surface area contributed by atoms with Gasteiger partial charge in [-0.25, -0.2) is 9.78 Å². The summed E-state index contributed by atoms with van der Waals surface area (Å²) in [5, 5.41) is 15.5. The number of hydrogen-bond donors (Lipinski definition) is 2. The fourth-order valence-electron chi connectivity index (χ4n) is 2.49. The molecular formula is C17H27N3O3S. The number of ketones is 1. The van der Waals surface area contributed by atoms with E-state index in [4.69, 9.17) is 0 Å². The molecule has 7 heteroatoms. The van der Waals surface area contributed by atoms with E-state index >= 15 is 0 Å². The number of aromatic nitrogens is 1. The molecule has 1 fully saturated rings. The number of hydrogen-bond acceptors (Lipinski definition) is 5. The van der Waals surface area contributed by atoms with E-state index < -0.39 is 12.1 Å². The second-order valence-corrected chi connectivity index (χ2v) is 7.57. The maximum absolute atomic E-state index is 12.6. The average Bonchev–Trinajstić information content (AvgIpc) is 3.26. The first-order chi connectivity index (χ1) is 11.3. The minimum Gasteiger partial charge on any atom is -0.391 e. The Labute approximate surface area is 147 Å². The van der Waals surface area contributed by atoms with E-state index in [0.29, 0.717) is 12.5 Å². The van der Waals surface area contributed by atoms with Crippen LogP contribution < -0.4 is 5.32 Å². The molecule has 6 nitrogen and oxygen atoms in total. The monoisotopic (exact) mass is 353 g/mol. The first kappa shape index (κ1) is 18.9. The van der Waals surface area contributed by atoms with Gasteiger partial charge >= 0.3 is 6.03 Å². The normalized spacial score (nSPS) is 16.8. The molecule has 1 aromatic heterocycles. The van der Waals surface area contributed by atoms with E-state index in [-0.39, 0.29) is 24.3 Å². The van der Waals surface area contributed by atoms with Gasteiger partial charge in [-0.3, -0.25) is 4.79 Å². The highest BCUT2D eigenvalue weighted by Crippen LogP contribution is 2.29. The Kier molecular flexibility index (Phi) is 6.34. The standard InChI is InChI=1S/C17H27N3O3S/c1-5-14(22)15(11(4)21)19-17(23)20(13-6-7-13)8-12-9-24-16(18-12)10(2)3/h9-11,13,15,21H,5-8H2,1-4H3,(H,19,23). The van der Waals surface area contributed by atoms with Crippen LogP contribution in [0.1, 0.15) is 63.6 Å². The van der Waals surface area contributed by atoms with Crippen LogP contribution in [0.15, 0.2) is 5.38 Å². The van der Waals surface area contributed by atoms with E-state index in [1.165, 1.54) is 6.92 Å². The molecule has 1 heterocycles. The summed E-state index contributed by atoms with van der Waals surface area (Å²) in [5.41, 5.74) is 0.876. The lowest BCUT2D eigenvalue weighted by molar-refractivity contribution is -0.122. The van der Waals surface area contributed by atoms with Crippen molar-refractivity contribution in [2.24, 2.45) is 0 Å². The zero-order valence-electron chi connectivity index (χ0n) is 14.8. The first-order valence-corrected chi connectivity index (χ1v) is 9.43. The largest absolute Gasteiger partial charge is 0.391 e. The Morgan fingerprint density at radius 3 is 2.54 bits per heavy atom. The van der Waals surface area contributed by atoms with E-state index in [2.05, 4.69) is 24.1 Å². The van der Waals surface area contributed by atoms with Crippen molar-refractivity contribution in [3.8, 4) is 0 Å². The molecule has 1 aliphatic rings. The van der Waals surface area contributed by atoms with Crippen molar-refractivity contribution >= 4 is 23.2 Å². The Morgan fingerprint density at radius 2 is 2.08 bits per heavy atom. The second kappa shape index (κ2) is 8.07. The number of urea groups is 1. The molecule has 0 aromatic carbocycles. The number of nitrogens with one attached hydrogen (secondary N) is 1. The van der Waals surface area contributed by atoms with Crippen LogP contribution in [0.4, 0.5) is 4.79 Å². The minimum absolute atomic E-state index is 0.162. The van der Waals surface area contributed by atoms with E-state index in [1.54, 1.807) is 23.2 Å². The first-order valence-electron chi connectivity index (χ1n) is 8.55. The minimum atomic E-state index is -0.908. The number of amides is 2. The number of carbonyl (C=O) groups excluding carboxylic acids is 2. The van der Waals surface area contributed by atoms with Crippen molar-refractivity contribution in [1.29, 1.82) is 0 Å². The zero-order chi connectivity index (χ0) is 17.9. The van der Waals surface area contributed by atoms with E-state index in [0.717, 1.165) is 23.5 Å². The number of thiazole rings is 1. The fraction of sp³-hybridized carbons (Fsp3) is 0.706. The summed E-state index contributed by atoms with van der Waals surface area (Å²) >= 11 is 1.61. The summed E-state index contributed by atoms with van der Waals surface area (Å²) in [6.07, 6.45) is 1.31. The van der Waals surface area contributed by atoms with Crippen LogP contribution in [0.25, 0.3) is 0 Å². The molecule has 0 spiro atoms. The molecule has 0 aliphatic heterocycles. The average molecular weight is 353 g/mol. The summed E-state index contributed by atoms with van der Waals surface area (Å²) < 4.78 is 0. The number of aliphatic hydroxyl groups is 1.